The Morgan fingerprint density at radius 1 is 1.37 bits per heavy atom. The van der Waals surface area contributed by atoms with Crippen molar-refractivity contribution in [1.82, 2.24) is 4.98 Å². The fourth-order valence-electron chi connectivity index (χ4n) is 2.84. The second-order valence-corrected chi connectivity index (χ2v) is 6.19. The average molecular weight is 326 g/mol. The summed E-state index contributed by atoms with van der Waals surface area (Å²) in [4.78, 5) is 7.08. The molecule has 0 spiro atoms. The van der Waals surface area contributed by atoms with Crippen LogP contribution in [0.15, 0.2) is 16.7 Å². The van der Waals surface area contributed by atoms with Crippen molar-refractivity contribution in [1.29, 1.82) is 0 Å². The van der Waals surface area contributed by atoms with Crippen molar-refractivity contribution in [2.24, 2.45) is 5.73 Å². The monoisotopic (exact) mass is 325 g/mol. The number of halogens is 1. The Hall–Kier alpha value is -0.610. The highest BCUT2D eigenvalue weighted by Gasteiger charge is 2.23. The van der Waals surface area contributed by atoms with Crippen molar-refractivity contribution in [3.8, 4) is 0 Å². The third-order valence-electron chi connectivity index (χ3n) is 3.95. The summed E-state index contributed by atoms with van der Waals surface area (Å²) in [6.07, 6.45) is 9.57. The summed E-state index contributed by atoms with van der Waals surface area (Å²) in [5, 5.41) is 0. The molecule has 0 radical (unpaired) electrons. The van der Waals surface area contributed by atoms with Crippen molar-refractivity contribution < 1.29 is 0 Å². The standard InChI is InChI=1S/C15H24BrN3/c1-12-8-10-18-15(14(12)16)19(11-5-9-17)13-6-3-2-4-7-13/h8,10,13H,2-7,9,11,17H2,1H3. The summed E-state index contributed by atoms with van der Waals surface area (Å²) < 4.78 is 1.14. The van der Waals surface area contributed by atoms with E-state index in [1.165, 1.54) is 37.7 Å². The first-order valence-corrected chi connectivity index (χ1v) is 8.11. The van der Waals surface area contributed by atoms with E-state index in [9.17, 15) is 0 Å². The number of nitrogens with zero attached hydrogens (tertiary/aromatic N) is 2. The fraction of sp³-hybridized carbons (Fsp3) is 0.667. The number of nitrogens with two attached hydrogens (primary N) is 1. The van der Waals surface area contributed by atoms with E-state index >= 15 is 0 Å². The zero-order valence-electron chi connectivity index (χ0n) is 11.7. The second kappa shape index (κ2) is 7.25. The minimum Gasteiger partial charge on any atom is -0.353 e. The van der Waals surface area contributed by atoms with E-state index in [1.807, 2.05) is 6.20 Å². The van der Waals surface area contributed by atoms with Crippen LogP contribution in [0.25, 0.3) is 0 Å². The number of aromatic nitrogens is 1. The van der Waals surface area contributed by atoms with Crippen LogP contribution >= 0.6 is 15.9 Å². The summed E-state index contributed by atoms with van der Waals surface area (Å²) in [6, 6.07) is 2.68. The van der Waals surface area contributed by atoms with Gasteiger partial charge in [-0.2, -0.15) is 0 Å². The third-order valence-corrected chi connectivity index (χ3v) is 4.93. The normalized spacial score (nSPS) is 16.6. The van der Waals surface area contributed by atoms with Crippen LogP contribution in [0.4, 0.5) is 5.82 Å². The molecule has 106 valence electrons. The van der Waals surface area contributed by atoms with Gasteiger partial charge in [0.25, 0.3) is 0 Å². The predicted octanol–water partition coefficient (Wildman–Crippen LogP) is 3.64. The van der Waals surface area contributed by atoms with Crippen LogP contribution in [0.3, 0.4) is 0 Å². The highest BCUT2D eigenvalue weighted by Crippen LogP contribution is 2.32. The van der Waals surface area contributed by atoms with E-state index in [0.717, 1.165) is 29.8 Å². The van der Waals surface area contributed by atoms with Crippen LogP contribution in [0.5, 0.6) is 0 Å². The number of pyridine rings is 1. The Kier molecular flexibility index (Phi) is 5.64. The van der Waals surface area contributed by atoms with Gasteiger partial charge >= 0.3 is 0 Å². The lowest BCUT2D eigenvalue weighted by molar-refractivity contribution is 0.410. The summed E-state index contributed by atoms with van der Waals surface area (Å²) >= 11 is 3.70. The Labute approximate surface area is 124 Å². The van der Waals surface area contributed by atoms with Gasteiger partial charge in [-0.05, 0) is 60.3 Å². The smallest absolute Gasteiger partial charge is 0.143 e. The van der Waals surface area contributed by atoms with Gasteiger partial charge in [0.15, 0.2) is 0 Å². The van der Waals surface area contributed by atoms with E-state index in [0.29, 0.717) is 6.04 Å². The van der Waals surface area contributed by atoms with E-state index < -0.39 is 0 Å². The maximum absolute atomic E-state index is 5.69. The lowest BCUT2D eigenvalue weighted by atomic mass is 9.94. The third kappa shape index (κ3) is 3.69. The largest absolute Gasteiger partial charge is 0.353 e. The molecule has 2 rings (SSSR count). The van der Waals surface area contributed by atoms with E-state index in [1.54, 1.807) is 0 Å². The molecule has 19 heavy (non-hydrogen) atoms. The van der Waals surface area contributed by atoms with Crippen LogP contribution in [0.1, 0.15) is 44.1 Å². The van der Waals surface area contributed by atoms with Crippen LogP contribution in [0, 0.1) is 6.92 Å². The van der Waals surface area contributed by atoms with Gasteiger partial charge in [-0.3, -0.25) is 0 Å². The molecule has 1 heterocycles. The Bertz CT molecular complexity index is 402. The molecule has 0 saturated heterocycles. The highest BCUT2D eigenvalue weighted by molar-refractivity contribution is 9.10. The van der Waals surface area contributed by atoms with Crippen molar-refractivity contribution in [2.45, 2.75) is 51.5 Å². The summed E-state index contributed by atoms with van der Waals surface area (Å²) in [7, 11) is 0. The minimum absolute atomic E-state index is 0.630. The molecule has 0 aromatic carbocycles. The van der Waals surface area contributed by atoms with E-state index in [4.69, 9.17) is 5.73 Å². The number of hydrogen-bond acceptors (Lipinski definition) is 3. The van der Waals surface area contributed by atoms with Crippen LogP contribution in [-0.4, -0.2) is 24.1 Å². The van der Waals surface area contributed by atoms with E-state index in [2.05, 4.69) is 38.8 Å². The Morgan fingerprint density at radius 3 is 2.79 bits per heavy atom. The number of aryl methyl sites for hydroxylation is 1. The first-order chi connectivity index (χ1) is 9.24. The molecule has 1 fully saturated rings. The zero-order chi connectivity index (χ0) is 13.7. The Morgan fingerprint density at radius 2 is 2.11 bits per heavy atom. The molecular weight excluding hydrogens is 302 g/mol. The van der Waals surface area contributed by atoms with Crippen molar-refractivity contribution in [3.63, 3.8) is 0 Å². The lowest BCUT2D eigenvalue weighted by Crippen LogP contribution is -2.39. The quantitative estimate of drug-likeness (QED) is 0.898. The van der Waals surface area contributed by atoms with Crippen LogP contribution in [-0.2, 0) is 0 Å². The van der Waals surface area contributed by atoms with Gasteiger partial charge in [0.2, 0.25) is 0 Å². The zero-order valence-corrected chi connectivity index (χ0v) is 13.3. The number of anilines is 1. The summed E-state index contributed by atoms with van der Waals surface area (Å²) in [5.74, 6) is 1.10. The predicted molar refractivity (Wildman–Crippen MR) is 84.6 cm³/mol. The molecule has 1 aliphatic carbocycles. The molecule has 0 unspecified atom stereocenters. The summed E-state index contributed by atoms with van der Waals surface area (Å²) in [6.45, 7) is 3.88. The van der Waals surface area contributed by atoms with Gasteiger partial charge in [0.1, 0.15) is 5.82 Å². The highest BCUT2D eigenvalue weighted by atomic mass is 79.9. The summed E-state index contributed by atoms with van der Waals surface area (Å²) in [5.41, 5.74) is 6.94. The van der Waals surface area contributed by atoms with Gasteiger partial charge in [0, 0.05) is 18.8 Å². The molecular formula is C15H24BrN3. The molecule has 4 heteroatoms. The number of rotatable bonds is 5. The molecule has 1 saturated carbocycles. The van der Waals surface area contributed by atoms with Crippen molar-refractivity contribution in [3.05, 3.63) is 22.3 Å². The Balaban J connectivity index is 2.22. The van der Waals surface area contributed by atoms with Gasteiger partial charge in [0.05, 0.1) is 4.47 Å². The molecule has 1 aromatic heterocycles. The van der Waals surface area contributed by atoms with E-state index in [-0.39, 0.29) is 0 Å². The lowest BCUT2D eigenvalue weighted by Gasteiger charge is -2.36. The molecule has 0 amide bonds. The maximum atomic E-state index is 5.69. The minimum atomic E-state index is 0.630. The topological polar surface area (TPSA) is 42.2 Å². The molecule has 0 bridgehead atoms. The van der Waals surface area contributed by atoms with Crippen molar-refractivity contribution >= 4 is 21.7 Å². The van der Waals surface area contributed by atoms with Crippen molar-refractivity contribution in [2.75, 3.05) is 18.0 Å². The van der Waals surface area contributed by atoms with Crippen LogP contribution < -0.4 is 10.6 Å². The SMILES string of the molecule is Cc1ccnc(N(CCCN)C2CCCCC2)c1Br. The molecule has 1 aromatic rings. The fourth-order valence-corrected chi connectivity index (χ4v) is 3.30. The number of hydrogen-bond donors (Lipinski definition) is 1. The van der Waals surface area contributed by atoms with Gasteiger partial charge < -0.3 is 10.6 Å². The first kappa shape index (κ1) is 14.8. The molecule has 3 nitrogen and oxygen atoms in total. The second-order valence-electron chi connectivity index (χ2n) is 5.39. The average Bonchev–Trinajstić information content (AvgIpc) is 2.45. The molecule has 0 atom stereocenters. The molecule has 0 aliphatic heterocycles. The first-order valence-electron chi connectivity index (χ1n) is 7.32. The van der Waals surface area contributed by atoms with Gasteiger partial charge in [-0.1, -0.05) is 19.3 Å². The van der Waals surface area contributed by atoms with Gasteiger partial charge in [-0.15, -0.1) is 0 Å². The maximum Gasteiger partial charge on any atom is 0.143 e. The molecule has 2 N–H and O–H groups in total. The van der Waals surface area contributed by atoms with Crippen LogP contribution in [0.2, 0.25) is 0 Å². The molecule has 1 aliphatic rings. The van der Waals surface area contributed by atoms with Gasteiger partial charge in [-0.25, -0.2) is 4.98 Å².